The number of nitriles is 1. The van der Waals surface area contributed by atoms with Gasteiger partial charge in [0.1, 0.15) is 11.5 Å². The molecule has 0 aromatic carbocycles. The Labute approximate surface area is 166 Å². The minimum atomic E-state index is -4.56. The first-order valence-corrected chi connectivity index (χ1v) is 9.44. The Morgan fingerprint density at radius 1 is 1.34 bits per heavy atom. The first kappa shape index (κ1) is 19.2. The van der Waals surface area contributed by atoms with Gasteiger partial charge >= 0.3 is 6.18 Å². The number of anilines is 1. The summed E-state index contributed by atoms with van der Waals surface area (Å²) in [4.78, 5) is 10.4. The zero-order valence-electron chi connectivity index (χ0n) is 15.7. The third-order valence-corrected chi connectivity index (χ3v) is 5.50. The topological polar surface area (TPSA) is 81.5 Å². The van der Waals surface area contributed by atoms with Crippen LogP contribution in [0.4, 0.5) is 19.0 Å². The highest BCUT2D eigenvalue weighted by Gasteiger charge is 2.36. The second-order valence-corrected chi connectivity index (χ2v) is 7.18. The van der Waals surface area contributed by atoms with Crippen molar-refractivity contribution in [2.75, 3.05) is 18.0 Å². The zero-order chi connectivity index (χ0) is 20.6. The molecule has 0 radical (unpaired) electrons. The van der Waals surface area contributed by atoms with Gasteiger partial charge in [0.25, 0.3) is 0 Å². The van der Waals surface area contributed by atoms with E-state index in [4.69, 9.17) is 0 Å². The summed E-state index contributed by atoms with van der Waals surface area (Å²) in [7, 11) is 0. The fourth-order valence-corrected chi connectivity index (χ4v) is 3.90. The van der Waals surface area contributed by atoms with Gasteiger partial charge in [-0.2, -0.15) is 23.5 Å². The van der Waals surface area contributed by atoms with Crippen molar-refractivity contribution >= 4 is 16.9 Å². The van der Waals surface area contributed by atoms with Crippen molar-refractivity contribution in [1.82, 2.24) is 20.2 Å². The molecule has 1 N–H and O–H groups in total. The van der Waals surface area contributed by atoms with Crippen LogP contribution in [-0.4, -0.2) is 33.3 Å². The van der Waals surface area contributed by atoms with Gasteiger partial charge in [0.15, 0.2) is 5.65 Å². The predicted octanol–water partition coefficient (Wildman–Crippen LogP) is 4.66. The lowest BCUT2D eigenvalue weighted by molar-refractivity contribution is -0.137. The highest BCUT2D eigenvalue weighted by Crippen LogP contribution is 2.39. The second-order valence-electron chi connectivity index (χ2n) is 7.18. The van der Waals surface area contributed by atoms with E-state index < -0.39 is 11.7 Å². The van der Waals surface area contributed by atoms with Gasteiger partial charge in [0.05, 0.1) is 23.2 Å². The molecule has 3 aromatic heterocycles. The standard InChI is InChI=1S/C20H19F3N6.H2/c1-2-12-11-29(9-7-13(12)10-24)16-6-5-15(20(21,22)23)18(26-16)17-14-4-3-8-25-19(14)28-27-17;/h3-6,8,12-13H,2,7,9,11H2,1H3,(H,25,27,28);1H. The summed E-state index contributed by atoms with van der Waals surface area (Å²) in [5, 5.41) is 16.5. The molecule has 0 spiro atoms. The lowest BCUT2D eigenvalue weighted by Gasteiger charge is -2.36. The van der Waals surface area contributed by atoms with Crippen LogP contribution in [0.1, 0.15) is 26.8 Å². The van der Waals surface area contributed by atoms with Crippen molar-refractivity contribution in [1.29, 1.82) is 5.26 Å². The average molecular weight is 402 g/mol. The fourth-order valence-electron chi connectivity index (χ4n) is 3.90. The lowest BCUT2D eigenvalue weighted by atomic mass is 9.85. The molecule has 1 aliphatic rings. The quantitative estimate of drug-likeness (QED) is 0.689. The smallest absolute Gasteiger partial charge is 0.356 e. The van der Waals surface area contributed by atoms with Crippen LogP contribution in [0.3, 0.4) is 0 Å². The third kappa shape index (κ3) is 3.50. The summed E-state index contributed by atoms with van der Waals surface area (Å²) in [5.74, 6) is 0.598. The molecule has 0 bridgehead atoms. The van der Waals surface area contributed by atoms with Crippen LogP contribution in [0.15, 0.2) is 30.5 Å². The SMILES string of the molecule is CCC1CN(c2ccc(C(F)(F)F)c(-c3[nH]nc4ncccc34)n2)CCC1C#N.[HH]. The number of nitrogens with one attached hydrogen (secondary N) is 1. The summed E-state index contributed by atoms with van der Waals surface area (Å²) in [6.07, 6.45) is -1.52. The molecular formula is C20H21F3N6. The summed E-state index contributed by atoms with van der Waals surface area (Å²) in [6, 6.07) is 8.13. The molecule has 1 fully saturated rings. The molecule has 4 rings (SSSR count). The Morgan fingerprint density at radius 3 is 2.90 bits per heavy atom. The summed E-state index contributed by atoms with van der Waals surface area (Å²) in [6.45, 7) is 3.20. The zero-order valence-corrected chi connectivity index (χ0v) is 15.7. The number of pyridine rings is 2. The molecule has 2 atom stereocenters. The maximum absolute atomic E-state index is 13.7. The van der Waals surface area contributed by atoms with E-state index >= 15 is 0 Å². The van der Waals surface area contributed by atoms with E-state index in [9.17, 15) is 18.4 Å². The van der Waals surface area contributed by atoms with E-state index in [1.165, 1.54) is 12.3 Å². The average Bonchev–Trinajstić information content (AvgIpc) is 3.16. The first-order chi connectivity index (χ1) is 13.9. The van der Waals surface area contributed by atoms with Crippen molar-refractivity contribution in [3.8, 4) is 17.5 Å². The largest absolute Gasteiger partial charge is 0.418 e. The molecule has 4 heterocycles. The number of alkyl halides is 3. The van der Waals surface area contributed by atoms with E-state index in [0.29, 0.717) is 36.4 Å². The van der Waals surface area contributed by atoms with Crippen LogP contribution >= 0.6 is 0 Å². The van der Waals surface area contributed by atoms with Crippen molar-refractivity contribution in [2.45, 2.75) is 25.9 Å². The Morgan fingerprint density at radius 2 is 2.17 bits per heavy atom. The molecule has 0 amide bonds. The molecule has 6 nitrogen and oxygen atoms in total. The maximum Gasteiger partial charge on any atom is 0.418 e. The summed E-state index contributed by atoms with van der Waals surface area (Å²) >= 11 is 0. The number of halogens is 3. The van der Waals surface area contributed by atoms with Crippen molar-refractivity contribution in [2.24, 2.45) is 11.8 Å². The van der Waals surface area contributed by atoms with Crippen LogP contribution in [-0.2, 0) is 6.18 Å². The van der Waals surface area contributed by atoms with Crippen LogP contribution in [0.2, 0.25) is 0 Å². The van der Waals surface area contributed by atoms with Crippen LogP contribution in [0.25, 0.3) is 22.4 Å². The third-order valence-electron chi connectivity index (χ3n) is 5.50. The van der Waals surface area contributed by atoms with Gasteiger partial charge in [-0.25, -0.2) is 9.97 Å². The van der Waals surface area contributed by atoms with Gasteiger partial charge in [0, 0.05) is 26.1 Å². The monoisotopic (exact) mass is 402 g/mol. The number of H-pyrrole nitrogens is 1. The van der Waals surface area contributed by atoms with E-state index in [1.807, 2.05) is 11.8 Å². The van der Waals surface area contributed by atoms with Gasteiger partial charge < -0.3 is 4.90 Å². The minimum absolute atomic E-state index is 0. The fraction of sp³-hybridized carbons (Fsp3) is 0.400. The number of fused-ring (bicyclic) bond motifs is 1. The van der Waals surface area contributed by atoms with E-state index in [2.05, 4.69) is 26.2 Å². The van der Waals surface area contributed by atoms with Crippen LogP contribution in [0, 0.1) is 23.2 Å². The Bertz CT molecular complexity index is 1070. The van der Waals surface area contributed by atoms with E-state index in [0.717, 1.165) is 12.5 Å². The molecule has 1 aliphatic heterocycles. The molecule has 0 saturated carbocycles. The van der Waals surface area contributed by atoms with Crippen molar-refractivity contribution < 1.29 is 14.6 Å². The Kier molecular flexibility index (Phi) is 4.86. The Hall–Kier alpha value is -3.15. The number of rotatable bonds is 3. The molecule has 9 heteroatoms. The van der Waals surface area contributed by atoms with Gasteiger partial charge in [-0.3, -0.25) is 5.10 Å². The minimum Gasteiger partial charge on any atom is -0.356 e. The van der Waals surface area contributed by atoms with Crippen molar-refractivity contribution in [3.05, 3.63) is 36.0 Å². The van der Waals surface area contributed by atoms with Crippen LogP contribution < -0.4 is 4.90 Å². The molecule has 29 heavy (non-hydrogen) atoms. The summed E-state index contributed by atoms with van der Waals surface area (Å²) < 4.78 is 41.1. The normalized spacial score (nSPS) is 20.0. The highest BCUT2D eigenvalue weighted by atomic mass is 19.4. The second kappa shape index (κ2) is 7.35. The number of nitrogens with zero attached hydrogens (tertiary/aromatic N) is 5. The molecule has 3 aromatic rings. The predicted molar refractivity (Wildman–Crippen MR) is 104 cm³/mol. The van der Waals surface area contributed by atoms with E-state index in [-0.39, 0.29) is 24.7 Å². The van der Waals surface area contributed by atoms with Gasteiger partial charge in [-0.1, -0.05) is 13.3 Å². The molecule has 152 valence electrons. The lowest BCUT2D eigenvalue weighted by Crippen LogP contribution is -2.40. The van der Waals surface area contributed by atoms with Crippen molar-refractivity contribution in [3.63, 3.8) is 0 Å². The number of aromatic nitrogens is 4. The molecule has 0 aliphatic carbocycles. The number of piperidine rings is 1. The molecule has 1 saturated heterocycles. The number of hydrogen-bond donors (Lipinski definition) is 1. The Balaban J connectivity index is 0.00000256. The highest BCUT2D eigenvalue weighted by molar-refractivity contribution is 5.90. The van der Waals surface area contributed by atoms with Gasteiger partial charge in [-0.05, 0) is 36.6 Å². The maximum atomic E-state index is 13.7. The molecule has 2 unspecified atom stereocenters. The van der Waals surface area contributed by atoms with Gasteiger partial charge in [0.2, 0.25) is 0 Å². The summed E-state index contributed by atoms with van der Waals surface area (Å²) in [5.41, 5.74) is -0.486. The van der Waals surface area contributed by atoms with E-state index in [1.54, 1.807) is 12.1 Å². The number of hydrogen-bond acceptors (Lipinski definition) is 5. The van der Waals surface area contributed by atoms with Crippen LogP contribution in [0.5, 0.6) is 0 Å². The molecular weight excluding hydrogens is 381 g/mol. The number of aromatic amines is 1. The van der Waals surface area contributed by atoms with Gasteiger partial charge in [-0.15, -0.1) is 0 Å². The first-order valence-electron chi connectivity index (χ1n) is 9.44.